The first kappa shape index (κ1) is 12.9. The van der Waals surface area contributed by atoms with Crippen molar-refractivity contribution in [1.29, 1.82) is 0 Å². The number of para-hydroxylation sites is 1. The predicted octanol–water partition coefficient (Wildman–Crippen LogP) is 1.63. The molecule has 3 nitrogen and oxygen atoms in total. The van der Waals surface area contributed by atoms with E-state index >= 15 is 0 Å². The number of amides is 1. The zero-order valence-corrected chi connectivity index (χ0v) is 10.5. The molecule has 1 rings (SSSR count). The van der Waals surface area contributed by atoms with Crippen LogP contribution in [-0.2, 0) is 11.2 Å². The first-order valence-corrected chi connectivity index (χ1v) is 5.79. The number of likely N-dealkylation sites (N-methyl/N-ethyl adjacent to an activating group) is 1. The van der Waals surface area contributed by atoms with Gasteiger partial charge in [0.1, 0.15) is 5.75 Å². The molecule has 0 saturated carbocycles. The van der Waals surface area contributed by atoms with Crippen molar-refractivity contribution in [3.05, 3.63) is 29.8 Å². The molecular formula is C12H17NO2S. The van der Waals surface area contributed by atoms with Crippen LogP contribution in [0, 0.1) is 0 Å². The van der Waals surface area contributed by atoms with Crippen molar-refractivity contribution in [3.8, 4) is 5.75 Å². The number of nitrogens with zero attached hydrogens (tertiary/aromatic N) is 1. The molecule has 0 saturated heterocycles. The molecule has 0 spiro atoms. The minimum absolute atomic E-state index is 0.0400. The Balaban J connectivity index is 2.57. The van der Waals surface area contributed by atoms with E-state index in [2.05, 4.69) is 12.6 Å². The topological polar surface area (TPSA) is 29.5 Å². The van der Waals surface area contributed by atoms with Crippen LogP contribution in [0.25, 0.3) is 0 Å². The Kier molecular flexibility index (Phi) is 5.19. The van der Waals surface area contributed by atoms with Gasteiger partial charge in [-0.15, -0.1) is 0 Å². The predicted molar refractivity (Wildman–Crippen MR) is 68.2 cm³/mol. The molecule has 0 atom stereocenters. The Hall–Kier alpha value is -1.16. The van der Waals surface area contributed by atoms with E-state index < -0.39 is 0 Å². The molecule has 0 N–H and O–H groups in total. The van der Waals surface area contributed by atoms with Gasteiger partial charge in [0.05, 0.1) is 12.9 Å². The second kappa shape index (κ2) is 6.43. The number of ether oxygens (including phenoxy) is 1. The first-order chi connectivity index (χ1) is 7.69. The first-order valence-electron chi connectivity index (χ1n) is 5.15. The molecule has 1 amide bonds. The van der Waals surface area contributed by atoms with E-state index in [4.69, 9.17) is 4.74 Å². The number of carbonyl (C=O) groups excluding carboxylic acids is 1. The maximum Gasteiger partial charge on any atom is 0.232 e. The Labute approximate surface area is 102 Å². The molecular weight excluding hydrogens is 222 g/mol. The highest BCUT2D eigenvalue weighted by Crippen LogP contribution is 2.17. The van der Waals surface area contributed by atoms with Crippen molar-refractivity contribution in [2.75, 3.05) is 26.5 Å². The van der Waals surface area contributed by atoms with Crippen molar-refractivity contribution in [3.63, 3.8) is 0 Å². The lowest BCUT2D eigenvalue weighted by Gasteiger charge is -2.16. The fourth-order valence-corrected chi connectivity index (χ4v) is 1.68. The van der Waals surface area contributed by atoms with Gasteiger partial charge in [0.15, 0.2) is 0 Å². The third-order valence-corrected chi connectivity index (χ3v) is 2.74. The SMILES string of the molecule is COc1ccccc1CCN(C)C(=O)CS. The van der Waals surface area contributed by atoms with Crippen LogP contribution in [0.1, 0.15) is 5.56 Å². The number of carbonyl (C=O) groups is 1. The number of hydrogen-bond donors (Lipinski definition) is 1. The summed E-state index contributed by atoms with van der Waals surface area (Å²) in [6.07, 6.45) is 0.792. The van der Waals surface area contributed by atoms with Gasteiger partial charge in [-0.05, 0) is 18.1 Å². The molecule has 0 heterocycles. The Morgan fingerprint density at radius 2 is 2.12 bits per heavy atom. The summed E-state index contributed by atoms with van der Waals surface area (Å²) in [7, 11) is 3.44. The average molecular weight is 239 g/mol. The summed E-state index contributed by atoms with van der Waals surface area (Å²) in [5.41, 5.74) is 1.11. The lowest BCUT2D eigenvalue weighted by Crippen LogP contribution is -2.29. The quantitative estimate of drug-likeness (QED) is 0.791. The number of benzene rings is 1. The number of methoxy groups -OCH3 is 1. The molecule has 0 aliphatic rings. The van der Waals surface area contributed by atoms with Gasteiger partial charge in [0, 0.05) is 13.6 Å². The van der Waals surface area contributed by atoms with Crippen LogP contribution in [-0.4, -0.2) is 37.3 Å². The molecule has 0 aliphatic heterocycles. The summed E-state index contributed by atoms with van der Waals surface area (Å²) in [4.78, 5) is 13.0. The standard InChI is InChI=1S/C12H17NO2S/c1-13(12(14)9-16)8-7-10-5-3-4-6-11(10)15-2/h3-6,16H,7-9H2,1-2H3. The fourth-order valence-electron chi connectivity index (χ4n) is 1.44. The highest BCUT2D eigenvalue weighted by molar-refractivity contribution is 7.81. The van der Waals surface area contributed by atoms with E-state index in [9.17, 15) is 4.79 Å². The fraction of sp³-hybridized carbons (Fsp3) is 0.417. The van der Waals surface area contributed by atoms with E-state index in [1.54, 1.807) is 19.1 Å². The maximum absolute atomic E-state index is 11.3. The van der Waals surface area contributed by atoms with E-state index in [1.165, 1.54) is 0 Å². The third-order valence-electron chi connectivity index (χ3n) is 2.47. The number of thiol groups is 1. The van der Waals surface area contributed by atoms with Crippen molar-refractivity contribution in [1.82, 2.24) is 4.90 Å². The average Bonchev–Trinajstić information content (AvgIpc) is 2.35. The van der Waals surface area contributed by atoms with Gasteiger partial charge >= 0.3 is 0 Å². The monoisotopic (exact) mass is 239 g/mol. The lowest BCUT2D eigenvalue weighted by atomic mass is 10.1. The second-order valence-corrected chi connectivity index (χ2v) is 3.85. The van der Waals surface area contributed by atoms with Crippen LogP contribution in [0.5, 0.6) is 5.75 Å². The summed E-state index contributed by atoms with van der Waals surface area (Å²) in [6, 6.07) is 7.84. The van der Waals surface area contributed by atoms with Crippen molar-refractivity contribution < 1.29 is 9.53 Å². The smallest absolute Gasteiger partial charge is 0.232 e. The van der Waals surface area contributed by atoms with Gasteiger partial charge in [-0.3, -0.25) is 4.79 Å². The van der Waals surface area contributed by atoms with Gasteiger partial charge in [0.2, 0.25) is 5.91 Å². The van der Waals surface area contributed by atoms with E-state index in [0.717, 1.165) is 17.7 Å². The van der Waals surface area contributed by atoms with Crippen LogP contribution in [0.3, 0.4) is 0 Å². The zero-order chi connectivity index (χ0) is 12.0. The Bertz CT molecular complexity index is 355. The Morgan fingerprint density at radius 1 is 1.44 bits per heavy atom. The molecule has 0 aliphatic carbocycles. The second-order valence-electron chi connectivity index (χ2n) is 3.54. The molecule has 0 aromatic heterocycles. The lowest BCUT2D eigenvalue weighted by molar-refractivity contribution is -0.127. The molecule has 0 radical (unpaired) electrons. The van der Waals surface area contributed by atoms with Crippen molar-refractivity contribution in [2.45, 2.75) is 6.42 Å². The van der Waals surface area contributed by atoms with E-state index in [0.29, 0.717) is 6.54 Å². The summed E-state index contributed by atoms with van der Waals surface area (Å²) in [5.74, 6) is 1.16. The van der Waals surface area contributed by atoms with E-state index in [-0.39, 0.29) is 11.7 Å². The van der Waals surface area contributed by atoms with Crippen LogP contribution in [0.4, 0.5) is 0 Å². The summed E-state index contributed by atoms with van der Waals surface area (Å²) in [5, 5.41) is 0. The Morgan fingerprint density at radius 3 is 2.75 bits per heavy atom. The third kappa shape index (κ3) is 3.45. The highest BCUT2D eigenvalue weighted by atomic mass is 32.1. The largest absolute Gasteiger partial charge is 0.496 e. The van der Waals surface area contributed by atoms with Gasteiger partial charge < -0.3 is 9.64 Å². The highest BCUT2D eigenvalue weighted by Gasteiger charge is 2.07. The summed E-state index contributed by atoms with van der Waals surface area (Å²) in [6.45, 7) is 0.680. The number of hydrogen-bond acceptors (Lipinski definition) is 3. The van der Waals surface area contributed by atoms with Gasteiger partial charge in [-0.1, -0.05) is 18.2 Å². The van der Waals surface area contributed by atoms with Gasteiger partial charge in [0.25, 0.3) is 0 Å². The van der Waals surface area contributed by atoms with Crippen LogP contribution >= 0.6 is 12.6 Å². The minimum Gasteiger partial charge on any atom is -0.496 e. The van der Waals surface area contributed by atoms with E-state index in [1.807, 2.05) is 24.3 Å². The zero-order valence-electron chi connectivity index (χ0n) is 9.64. The molecule has 0 bridgehead atoms. The van der Waals surface area contributed by atoms with Gasteiger partial charge in [-0.2, -0.15) is 12.6 Å². The van der Waals surface area contributed by atoms with Crippen molar-refractivity contribution >= 4 is 18.5 Å². The summed E-state index contributed by atoms with van der Waals surface area (Å²) >= 11 is 3.96. The number of rotatable bonds is 5. The molecule has 88 valence electrons. The normalized spacial score (nSPS) is 9.94. The molecule has 1 aromatic rings. The molecule has 4 heteroatoms. The van der Waals surface area contributed by atoms with Crippen LogP contribution in [0.15, 0.2) is 24.3 Å². The molecule has 1 aromatic carbocycles. The molecule has 0 unspecified atom stereocenters. The van der Waals surface area contributed by atoms with Crippen LogP contribution < -0.4 is 4.74 Å². The minimum atomic E-state index is 0.0400. The maximum atomic E-state index is 11.3. The van der Waals surface area contributed by atoms with Gasteiger partial charge in [-0.25, -0.2) is 0 Å². The van der Waals surface area contributed by atoms with Crippen LogP contribution in [0.2, 0.25) is 0 Å². The van der Waals surface area contributed by atoms with Crippen molar-refractivity contribution in [2.24, 2.45) is 0 Å². The summed E-state index contributed by atoms with van der Waals surface area (Å²) < 4.78 is 5.25. The molecule has 0 fully saturated rings. The molecule has 16 heavy (non-hydrogen) atoms.